The summed E-state index contributed by atoms with van der Waals surface area (Å²) >= 11 is 1.51. The first-order valence-corrected chi connectivity index (χ1v) is 7.93. The van der Waals surface area contributed by atoms with Crippen LogP contribution in [0.15, 0.2) is 48.2 Å². The summed E-state index contributed by atoms with van der Waals surface area (Å²) in [7, 11) is 0. The van der Waals surface area contributed by atoms with E-state index in [0.29, 0.717) is 12.4 Å². The van der Waals surface area contributed by atoms with Crippen LogP contribution in [0.3, 0.4) is 0 Å². The lowest BCUT2D eigenvalue weighted by molar-refractivity contribution is -0.115. The van der Waals surface area contributed by atoms with Crippen LogP contribution in [-0.2, 0) is 17.8 Å². The molecule has 0 bridgehead atoms. The average molecular weight is 325 g/mol. The molecule has 1 aromatic carbocycles. The van der Waals surface area contributed by atoms with Gasteiger partial charge in [0.05, 0.1) is 12.1 Å². The van der Waals surface area contributed by atoms with Crippen LogP contribution in [-0.4, -0.2) is 20.9 Å². The van der Waals surface area contributed by atoms with E-state index < -0.39 is 0 Å². The molecule has 2 aromatic heterocycles. The van der Waals surface area contributed by atoms with Crippen LogP contribution in [0.25, 0.3) is 10.6 Å². The van der Waals surface area contributed by atoms with Crippen LogP contribution < -0.4 is 11.1 Å². The predicted molar refractivity (Wildman–Crippen MR) is 89.8 cm³/mol. The van der Waals surface area contributed by atoms with Crippen molar-refractivity contribution in [2.45, 2.75) is 13.0 Å². The summed E-state index contributed by atoms with van der Waals surface area (Å²) in [5.74, 6) is 0.321. The second kappa shape index (κ2) is 7.08. The smallest absolute Gasteiger partial charge is 0.231 e. The van der Waals surface area contributed by atoms with E-state index in [1.54, 1.807) is 12.3 Å². The molecule has 7 heteroatoms. The average Bonchev–Trinajstić information content (AvgIpc) is 3.03. The Morgan fingerprint density at radius 2 is 2.13 bits per heavy atom. The Kier molecular flexibility index (Phi) is 4.70. The molecule has 0 radical (unpaired) electrons. The summed E-state index contributed by atoms with van der Waals surface area (Å²) in [6, 6.07) is 9.53. The number of rotatable bonds is 5. The Morgan fingerprint density at radius 1 is 1.26 bits per heavy atom. The molecule has 3 rings (SSSR count). The van der Waals surface area contributed by atoms with Gasteiger partial charge >= 0.3 is 0 Å². The van der Waals surface area contributed by atoms with Crippen LogP contribution in [0, 0.1) is 0 Å². The quantitative estimate of drug-likeness (QED) is 0.750. The minimum absolute atomic E-state index is 0.160. The summed E-state index contributed by atoms with van der Waals surface area (Å²) in [6.45, 7) is 0.458. The Morgan fingerprint density at radius 3 is 2.91 bits per heavy atom. The van der Waals surface area contributed by atoms with Crippen molar-refractivity contribution in [1.82, 2.24) is 15.0 Å². The highest BCUT2D eigenvalue weighted by Gasteiger charge is 2.11. The summed E-state index contributed by atoms with van der Waals surface area (Å²) in [6.07, 6.45) is 3.17. The third kappa shape index (κ3) is 3.77. The third-order valence-electron chi connectivity index (χ3n) is 3.21. The van der Waals surface area contributed by atoms with Crippen molar-refractivity contribution >= 4 is 23.1 Å². The minimum atomic E-state index is -0.160. The lowest BCUT2D eigenvalue weighted by Gasteiger charge is -2.04. The maximum absolute atomic E-state index is 12.0. The molecular weight excluding hydrogens is 310 g/mol. The zero-order valence-electron chi connectivity index (χ0n) is 12.3. The fourth-order valence-corrected chi connectivity index (χ4v) is 3.01. The molecule has 0 fully saturated rings. The molecule has 0 atom stereocenters. The van der Waals surface area contributed by atoms with Crippen molar-refractivity contribution in [1.29, 1.82) is 0 Å². The number of aromatic nitrogens is 3. The topological polar surface area (TPSA) is 93.8 Å². The number of hydrogen-bond donors (Lipinski definition) is 2. The van der Waals surface area contributed by atoms with Gasteiger partial charge < -0.3 is 11.1 Å². The van der Waals surface area contributed by atoms with E-state index in [1.165, 1.54) is 17.7 Å². The number of nitrogens with one attached hydrogen (secondary N) is 1. The van der Waals surface area contributed by atoms with Gasteiger partial charge in [0.15, 0.2) is 0 Å². The normalized spacial score (nSPS) is 10.5. The Balaban J connectivity index is 1.71. The monoisotopic (exact) mass is 325 g/mol. The van der Waals surface area contributed by atoms with E-state index in [-0.39, 0.29) is 12.3 Å². The van der Waals surface area contributed by atoms with Crippen molar-refractivity contribution in [2.24, 2.45) is 5.73 Å². The fourth-order valence-electron chi connectivity index (χ4n) is 2.13. The Bertz CT molecular complexity index is 803. The number of hydrogen-bond acceptors (Lipinski definition) is 6. The van der Waals surface area contributed by atoms with E-state index >= 15 is 0 Å². The molecule has 3 aromatic rings. The van der Waals surface area contributed by atoms with Crippen LogP contribution >= 0.6 is 11.3 Å². The largest absolute Gasteiger partial charge is 0.326 e. The number of nitrogens with zero attached hydrogens (tertiary/aromatic N) is 3. The Labute approximate surface area is 137 Å². The molecule has 0 unspecified atom stereocenters. The molecule has 0 aliphatic heterocycles. The molecule has 116 valence electrons. The van der Waals surface area contributed by atoms with Gasteiger partial charge in [-0.3, -0.25) is 4.79 Å². The highest BCUT2D eigenvalue weighted by molar-refractivity contribution is 7.13. The van der Waals surface area contributed by atoms with Crippen molar-refractivity contribution in [2.75, 3.05) is 5.32 Å². The summed E-state index contributed by atoms with van der Waals surface area (Å²) in [4.78, 5) is 24.3. The van der Waals surface area contributed by atoms with Gasteiger partial charge in [0.25, 0.3) is 0 Å². The van der Waals surface area contributed by atoms with E-state index in [4.69, 9.17) is 5.73 Å². The number of thiazole rings is 1. The maximum Gasteiger partial charge on any atom is 0.231 e. The maximum atomic E-state index is 12.0. The number of amides is 1. The number of benzene rings is 1. The second-order valence-corrected chi connectivity index (χ2v) is 5.68. The van der Waals surface area contributed by atoms with Crippen LogP contribution in [0.2, 0.25) is 0 Å². The fraction of sp³-hybridized carbons (Fsp3) is 0.125. The zero-order chi connectivity index (χ0) is 16.1. The van der Waals surface area contributed by atoms with Gasteiger partial charge in [-0.15, -0.1) is 11.3 Å². The van der Waals surface area contributed by atoms with Gasteiger partial charge in [0.2, 0.25) is 5.91 Å². The number of carbonyl (C=O) groups excluding carboxylic acids is 1. The molecule has 0 spiro atoms. The molecule has 0 aliphatic carbocycles. The third-order valence-corrected chi connectivity index (χ3v) is 4.13. The lowest BCUT2D eigenvalue weighted by Crippen LogP contribution is -2.15. The second-order valence-electron chi connectivity index (χ2n) is 4.82. The molecule has 1 amide bonds. The summed E-state index contributed by atoms with van der Waals surface area (Å²) in [5.41, 5.74) is 8.54. The van der Waals surface area contributed by atoms with Crippen LogP contribution in [0.4, 0.5) is 5.82 Å². The molecule has 3 N–H and O–H groups in total. The lowest BCUT2D eigenvalue weighted by atomic mass is 10.1. The molecule has 0 saturated heterocycles. The van der Waals surface area contributed by atoms with Crippen LogP contribution in [0.5, 0.6) is 0 Å². The van der Waals surface area contributed by atoms with Crippen molar-refractivity contribution < 1.29 is 4.79 Å². The van der Waals surface area contributed by atoms with Gasteiger partial charge in [-0.1, -0.05) is 24.3 Å². The number of carbonyl (C=O) groups is 1. The molecule has 0 aliphatic rings. The first kappa shape index (κ1) is 15.3. The summed E-state index contributed by atoms with van der Waals surface area (Å²) in [5, 5.41) is 5.48. The van der Waals surface area contributed by atoms with Crippen molar-refractivity contribution in [3.8, 4) is 10.6 Å². The molecule has 6 nitrogen and oxygen atoms in total. The molecule has 2 heterocycles. The van der Waals surface area contributed by atoms with Crippen LogP contribution in [0.1, 0.15) is 11.3 Å². The van der Waals surface area contributed by atoms with Gasteiger partial charge in [0, 0.05) is 23.7 Å². The Hall–Kier alpha value is -2.64. The van der Waals surface area contributed by atoms with Gasteiger partial charge in [-0.2, -0.15) is 0 Å². The van der Waals surface area contributed by atoms with E-state index in [0.717, 1.165) is 21.8 Å². The van der Waals surface area contributed by atoms with Gasteiger partial charge in [-0.05, 0) is 11.6 Å². The molecular formula is C16H15N5OS. The minimum Gasteiger partial charge on any atom is -0.326 e. The van der Waals surface area contributed by atoms with Crippen molar-refractivity contribution in [3.05, 3.63) is 59.5 Å². The molecule has 0 saturated carbocycles. The van der Waals surface area contributed by atoms with Gasteiger partial charge in [0.1, 0.15) is 17.2 Å². The summed E-state index contributed by atoms with van der Waals surface area (Å²) < 4.78 is 0. The predicted octanol–water partition coefficient (Wildman–Crippen LogP) is 2.24. The zero-order valence-corrected chi connectivity index (χ0v) is 13.1. The standard InChI is InChI=1S/C16H15N5OS/c17-8-11-3-1-2-4-13(11)16-20-12(9-23-16)7-15(22)21-14-5-6-18-10-19-14/h1-6,9-10H,7-8,17H2,(H,18,19,21,22). The first-order chi connectivity index (χ1) is 11.3. The van der Waals surface area contributed by atoms with E-state index in [1.807, 2.05) is 29.6 Å². The van der Waals surface area contributed by atoms with Crippen molar-refractivity contribution in [3.63, 3.8) is 0 Å². The highest BCUT2D eigenvalue weighted by atomic mass is 32.1. The van der Waals surface area contributed by atoms with E-state index in [2.05, 4.69) is 20.3 Å². The SMILES string of the molecule is NCc1ccccc1-c1nc(CC(=O)Nc2ccncn2)cs1. The highest BCUT2D eigenvalue weighted by Crippen LogP contribution is 2.27. The number of anilines is 1. The van der Waals surface area contributed by atoms with E-state index in [9.17, 15) is 4.79 Å². The first-order valence-electron chi connectivity index (χ1n) is 7.05. The van der Waals surface area contributed by atoms with Gasteiger partial charge in [-0.25, -0.2) is 15.0 Å². The molecule has 23 heavy (non-hydrogen) atoms. The number of nitrogens with two attached hydrogens (primary N) is 1.